The molecule has 12 heteroatoms. The largest absolute Gasteiger partial charge is 0.493 e. The van der Waals surface area contributed by atoms with Gasteiger partial charge in [0.2, 0.25) is 11.8 Å². The number of rotatable bonds is 10. The Morgan fingerprint density at radius 1 is 0.972 bits per heavy atom. The monoisotopic (exact) mass is 510 g/mol. The van der Waals surface area contributed by atoms with Gasteiger partial charge < -0.3 is 19.9 Å². The minimum atomic E-state index is -3.49. The summed E-state index contributed by atoms with van der Waals surface area (Å²) in [5.74, 6) is 2.20. The Kier molecular flexibility index (Phi) is 7.34. The second-order valence-electron chi connectivity index (χ2n) is 7.86. The van der Waals surface area contributed by atoms with Gasteiger partial charge in [-0.1, -0.05) is 23.8 Å². The molecule has 2 N–H and O–H groups in total. The second kappa shape index (κ2) is 10.6. The zero-order chi connectivity index (χ0) is 25.7. The molecule has 0 saturated carbocycles. The number of aromatic nitrogens is 5. The number of aryl methyl sites for hydroxylation is 1. The molecule has 0 unspecified atom stereocenters. The summed E-state index contributed by atoms with van der Waals surface area (Å²) in [7, 11) is -0.353. The van der Waals surface area contributed by atoms with E-state index in [0.29, 0.717) is 29.6 Å². The lowest BCUT2D eigenvalue weighted by Crippen LogP contribution is -2.15. The van der Waals surface area contributed by atoms with E-state index in [2.05, 4.69) is 20.1 Å². The summed E-state index contributed by atoms with van der Waals surface area (Å²) >= 11 is 0. The van der Waals surface area contributed by atoms with Gasteiger partial charge in [-0.15, -0.1) is 5.10 Å². The lowest BCUT2D eigenvalue weighted by atomic mass is 10.1. The molecule has 0 bridgehead atoms. The molecule has 11 nitrogen and oxygen atoms in total. The van der Waals surface area contributed by atoms with Gasteiger partial charge in [-0.05, 0) is 36.8 Å². The molecular weight excluding hydrogens is 484 g/mol. The van der Waals surface area contributed by atoms with Crippen molar-refractivity contribution in [3.63, 3.8) is 0 Å². The fourth-order valence-electron chi connectivity index (χ4n) is 3.48. The highest BCUT2D eigenvalue weighted by molar-refractivity contribution is 7.91. The Morgan fingerprint density at radius 3 is 2.44 bits per heavy atom. The van der Waals surface area contributed by atoms with Crippen molar-refractivity contribution in [2.75, 3.05) is 32.3 Å². The summed E-state index contributed by atoms with van der Waals surface area (Å²) in [4.78, 5) is 12.9. The van der Waals surface area contributed by atoms with Gasteiger partial charge in [0, 0.05) is 12.5 Å². The average molecular weight is 511 g/mol. The van der Waals surface area contributed by atoms with Crippen LogP contribution >= 0.6 is 0 Å². The molecule has 0 fully saturated rings. The number of anilines is 1. The lowest BCUT2D eigenvalue weighted by Gasteiger charge is -2.10. The van der Waals surface area contributed by atoms with Gasteiger partial charge in [0.25, 0.3) is 0 Å². The average Bonchev–Trinajstić information content (AvgIpc) is 3.24. The van der Waals surface area contributed by atoms with Gasteiger partial charge in [0.05, 0.1) is 24.9 Å². The highest BCUT2D eigenvalue weighted by Crippen LogP contribution is 2.28. The van der Waals surface area contributed by atoms with Crippen molar-refractivity contribution in [1.29, 1.82) is 0 Å². The Hall–Kier alpha value is -4.19. The number of nitrogens with zero attached hydrogens (tertiary/aromatic N) is 5. The first-order valence-corrected chi connectivity index (χ1v) is 12.6. The van der Waals surface area contributed by atoms with Gasteiger partial charge in [0.15, 0.2) is 27.2 Å². The van der Waals surface area contributed by atoms with Crippen LogP contribution in [0.4, 0.5) is 5.95 Å². The Morgan fingerprint density at radius 2 is 1.72 bits per heavy atom. The van der Waals surface area contributed by atoms with Gasteiger partial charge >= 0.3 is 0 Å². The van der Waals surface area contributed by atoms with E-state index in [9.17, 15) is 8.42 Å². The van der Waals surface area contributed by atoms with E-state index in [-0.39, 0.29) is 29.1 Å². The van der Waals surface area contributed by atoms with Crippen molar-refractivity contribution in [3.8, 4) is 23.2 Å². The molecular formula is C24H26N6O5S. The molecule has 0 aliphatic carbocycles. The molecule has 188 valence electrons. The first-order chi connectivity index (χ1) is 17.3. The van der Waals surface area contributed by atoms with Gasteiger partial charge in [-0.2, -0.15) is 9.67 Å². The van der Waals surface area contributed by atoms with E-state index in [1.165, 1.54) is 11.0 Å². The molecule has 2 aromatic heterocycles. The van der Waals surface area contributed by atoms with E-state index in [0.717, 1.165) is 11.1 Å². The quantitative estimate of drug-likeness (QED) is 0.338. The number of ether oxygens (including phenoxy) is 3. The Labute approximate surface area is 208 Å². The first kappa shape index (κ1) is 24.9. The molecule has 2 aromatic carbocycles. The molecule has 0 spiro atoms. The number of sulfone groups is 1. The van der Waals surface area contributed by atoms with E-state index >= 15 is 0 Å². The van der Waals surface area contributed by atoms with Crippen molar-refractivity contribution in [1.82, 2.24) is 24.7 Å². The number of hydrogen-bond donors (Lipinski definition) is 1. The predicted octanol–water partition coefficient (Wildman–Crippen LogP) is 2.41. The number of benzene rings is 2. The van der Waals surface area contributed by atoms with Gasteiger partial charge in [0.1, 0.15) is 18.8 Å². The first-order valence-electron chi connectivity index (χ1n) is 11.0. The number of nitrogens with two attached hydrogens (primary N) is 1. The number of methoxy groups -OCH3 is 2. The SMILES string of the molecule is COc1ccc(Cc2nc(N)nn2-c2cc(OCCS(=O)(=O)c3ccc(C)cc3)ncn2)cc1OC. The van der Waals surface area contributed by atoms with E-state index < -0.39 is 9.84 Å². The standard InChI is InChI=1S/C24H26N6O5S/c1-16-4-7-18(8-5-16)36(31,32)11-10-35-23-14-21(26-15-27-23)30-22(28-24(25)29-30)13-17-6-9-19(33-2)20(12-17)34-3/h4-9,12,14-15H,10-11,13H2,1-3H3,(H2,25,29). The van der Waals surface area contributed by atoms with Crippen LogP contribution in [-0.2, 0) is 16.3 Å². The Bertz CT molecular complexity index is 1450. The summed E-state index contributed by atoms with van der Waals surface area (Å²) in [6, 6.07) is 13.8. The second-order valence-corrected chi connectivity index (χ2v) is 9.97. The van der Waals surface area contributed by atoms with E-state index in [1.807, 2.05) is 19.1 Å². The van der Waals surface area contributed by atoms with Crippen molar-refractivity contribution in [2.45, 2.75) is 18.2 Å². The van der Waals surface area contributed by atoms with Gasteiger partial charge in [-0.25, -0.2) is 18.4 Å². The normalized spacial score (nSPS) is 11.3. The highest BCUT2D eigenvalue weighted by atomic mass is 32.2. The molecule has 0 aliphatic heterocycles. The molecule has 0 atom stereocenters. The molecule has 36 heavy (non-hydrogen) atoms. The summed E-state index contributed by atoms with van der Waals surface area (Å²) in [5, 5.41) is 4.25. The van der Waals surface area contributed by atoms with Crippen LogP contribution in [0, 0.1) is 6.92 Å². The smallest absolute Gasteiger partial charge is 0.240 e. The molecule has 2 heterocycles. The van der Waals surface area contributed by atoms with Crippen LogP contribution in [0.3, 0.4) is 0 Å². The Balaban J connectivity index is 1.49. The topological polar surface area (TPSA) is 144 Å². The van der Waals surface area contributed by atoms with Crippen LogP contribution < -0.4 is 19.9 Å². The van der Waals surface area contributed by atoms with Crippen molar-refractivity contribution >= 4 is 15.8 Å². The third-order valence-electron chi connectivity index (χ3n) is 5.33. The van der Waals surface area contributed by atoms with Crippen molar-refractivity contribution in [3.05, 3.63) is 71.8 Å². The van der Waals surface area contributed by atoms with Crippen LogP contribution in [0.1, 0.15) is 17.0 Å². The van der Waals surface area contributed by atoms with Crippen LogP contribution in [0.5, 0.6) is 17.4 Å². The number of nitrogen functional groups attached to an aromatic ring is 1. The molecule has 0 amide bonds. The summed E-state index contributed by atoms with van der Waals surface area (Å²) in [6.45, 7) is 1.82. The summed E-state index contributed by atoms with van der Waals surface area (Å²) < 4.78 is 42.9. The van der Waals surface area contributed by atoms with Crippen LogP contribution in [0.15, 0.2) is 59.8 Å². The minimum Gasteiger partial charge on any atom is -0.493 e. The fraction of sp³-hybridized carbons (Fsp3) is 0.250. The molecule has 0 aliphatic rings. The summed E-state index contributed by atoms with van der Waals surface area (Å²) in [6.07, 6.45) is 1.69. The third kappa shape index (κ3) is 5.71. The molecule has 0 saturated heterocycles. The molecule has 0 radical (unpaired) electrons. The van der Waals surface area contributed by atoms with Crippen molar-refractivity contribution < 1.29 is 22.6 Å². The predicted molar refractivity (Wildman–Crippen MR) is 132 cm³/mol. The zero-order valence-corrected chi connectivity index (χ0v) is 20.9. The van der Waals surface area contributed by atoms with E-state index in [4.69, 9.17) is 19.9 Å². The van der Waals surface area contributed by atoms with Crippen LogP contribution in [0.25, 0.3) is 5.82 Å². The fourth-order valence-corrected chi connectivity index (χ4v) is 4.57. The lowest BCUT2D eigenvalue weighted by molar-refractivity contribution is 0.326. The number of hydrogen-bond acceptors (Lipinski definition) is 10. The summed E-state index contributed by atoms with van der Waals surface area (Å²) in [5.41, 5.74) is 7.75. The maximum absolute atomic E-state index is 12.6. The van der Waals surface area contributed by atoms with Gasteiger partial charge in [-0.3, -0.25) is 0 Å². The minimum absolute atomic E-state index is 0.0787. The van der Waals surface area contributed by atoms with E-state index in [1.54, 1.807) is 50.6 Å². The maximum atomic E-state index is 12.6. The molecule has 4 rings (SSSR count). The third-order valence-corrected chi connectivity index (χ3v) is 7.02. The maximum Gasteiger partial charge on any atom is 0.240 e. The van der Waals surface area contributed by atoms with Crippen molar-refractivity contribution in [2.24, 2.45) is 0 Å². The highest BCUT2D eigenvalue weighted by Gasteiger charge is 2.17. The zero-order valence-electron chi connectivity index (χ0n) is 20.1. The molecule has 4 aromatic rings. The van der Waals surface area contributed by atoms with Crippen LogP contribution in [-0.4, -0.2) is 59.7 Å². The van der Waals surface area contributed by atoms with Crippen LogP contribution in [0.2, 0.25) is 0 Å².